The average molecular weight is 484 g/mol. The minimum absolute atomic E-state index is 0.0713. The molecule has 0 spiro atoms. The molecule has 166 valence electrons. The highest BCUT2D eigenvalue weighted by Crippen LogP contribution is 2.26. The van der Waals surface area contributed by atoms with Gasteiger partial charge in [0, 0.05) is 50.0 Å². The summed E-state index contributed by atoms with van der Waals surface area (Å²) in [5.74, 6) is -0.264. The minimum Gasteiger partial charge on any atom is -0.379 e. The van der Waals surface area contributed by atoms with Gasteiger partial charge in [-0.3, -0.25) is 4.79 Å². The van der Waals surface area contributed by atoms with Crippen molar-refractivity contribution in [2.24, 2.45) is 0 Å². The van der Waals surface area contributed by atoms with Gasteiger partial charge in [0.1, 0.15) is 0 Å². The largest absolute Gasteiger partial charge is 0.379 e. The summed E-state index contributed by atoms with van der Waals surface area (Å²) in [5.41, 5.74) is 1.25. The fourth-order valence-electron chi connectivity index (χ4n) is 3.75. The number of piperazine rings is 1. The lowest BCUT2D eigenvalue weighted by molar-refractivity contribution is 0.0729. The molecule has 0 bridgehead atoms. The summed E-state index contributed by atoms with van der Waals surface area (Å²) in [7, 11) is -3.71. The van der Waals surface area contributed by atoms with E-state index >= 15 is 0 Å². The van der Waals surface area contributed by atoms with E-state index in [1.54, 1.807) is 4.90 Å². The first kappa shape index (κ1) is 22.4. The first-order valence-corrected chi connectivity index (χ1v) is 12.2. The number of nitrogens with zero attached hydrogens (tertiary/aromatic N) is 3. The highest BCUT2D eigenvalue weighted by molar-refractivity contribution is 7.89. The van der Waals surface area contributed by atoms with Crippen LogP contribution in [0.15, 0.2) is 47.4 Å². The summed E-state index contributed by atoms with van der Waals surface area (Å²) < 4.78 is 32.5. The topological polar surface area (TPSA) is 70.2 Å². The van der Waals surface area contributed by atoms with Gasteiger partial charge in [-0.2, -0.15) is 4.31 Å². The summed E-state index contributed by atoms with van der Waals surface area (Å²) in [5, 5.41) is 0.921. The first-order valence-electron chi connectivity index (χ1n) is 10.0. The fourth-order valence-corrected chi connectivity index (χ4v) is 5.51. The second kappa shape index (κ2) is 9.34. The predicted molar refractivity (Wildman–Crippen MR) is 121 cm³/mol. The highest BCUT2D eigenvalue weighted by atomic mass is 35.5. The van der Waals surface area contributed by atoms with Gasteiger partial charge in [-0.25, -0.2) is 8.42 Å². The van der Waals surface area contributed by atoms with Crippen LogP contribution in [0.4, 0.5) is 5.69 Å². The molecular weight excluding hydrogens is 461 g/mol. The molecule has 0 aliphatic carbocycles. The van der Waals surface area contributed by atoms with Crippen molar-refractivity contribution in [3.05, 3.63) is 58.1 Å². The lowest BCUT2D eigenvalue weighted by Gasteiger charge is -2.36. The summed E-state index contributed by atoms with van der Waals surface area (Å²) in [4.78, 5) is 17.1. The van der Waals surface area contributed by atoms with E-state index in [1.807, 2.05) is 24.3 Å². The van der Waals surface area contributed by atoms with Crippen molar-refractivity contribution in [1.82, 2.24) is 9.21 Å². The van der Waals surface area contributed by atoms with E-state index in [-0.39, 0.29) is 21.4 Å². The van der Waals surface area contributed by atoms with Crippen molar-refractivity contribution in [2.75, 3.05) is 57.4 Å². The van der Waals surface area contributed by atoms with E-state index in [4.69, 9.17) is 27.9 Å². The molecule has 2 aromatic rings. The maximum atomic E-state index is 13.1. The second-order valence-corrected chi connectivity index (χ2v) is 10.2. The summed E-state index contributed by atoms with van der Waals surface area (Å²) in [6.45, 7) is 3.65. The number of rotatable bonds is 4. The Bertz CT molecular complexity index is 1050. The molecule has 4 rings (SSSR count). The Morgan fingerprint density at radius 2 is 1.52 bits per heavy atom. The number of hydrogen-bond donors (Lipinski definition) is 0. The van der Waals surface area contributed by atoms with Crippen molar-refractivity contribution in [3.63, 3.8) is 0 Å². The third kappa shape index (κ3) is 4.83. The van der Waals surface area contributed by atoms with E-state index in [0.717, 1.165) is 5.69 Å². The molecule has 2 aromatic carbocycles. The predicted octanol–water partition coefficient (Wildman–Crippen LogP) is 2.98. The van der Waals surface area contributed by atoms with Gasteiger partial charge in [0.05, 0.1) is 28.7 Å². The molecule has 0 saturated carbocycles. The molecule has 10 heteroatoms. The van der Waals surface area contributed by atoms with Crippen molar-refractivity contribution in [1.29, 1.82) is 0 Å². The maximum Gasteiger partial charge on any atom is 0.255 e. The number of benzene rings is 2. The number of carbonyl (C=O) groups excluding carboxylic acids is 1. The molecule has 7 nitrogen and oxygen atoms in total. The molecule has 2 saturated heterocycles. The van der Waals surface area contributed by atoms with E-state index in [0.29, 0.717) is 57.5 Å². The lowest BCUT2D eigenvalue weighted by atomic mass is 10.1. The zero-order chi connectivity index (χ0) is 22.0. The van der Waals surface area contributed by atoms with Crippen LogP contribution in [0.5, 0.6) is 0 Å². The van der Waals surface area contributed by atoms with Crippen molar-refractivity contribution in [2.45, 2.75) is 4.90 Å². The summed E-state index contributed by atoms with van der Waals surface area (Å²) in [6.07, 6.45) is 0. The summed E-state index contributed by atoms with van der Waals surface area (Å²) in [6, 6.07) is 11.9. The number of anilines is 1. The Balaban J connectivity index is 1.48. The number of carbonyl (C=O) groups is 1. The van der Waals surface area contributed by atoms with Gasteiger partial charge >= 0.3 is 0 Å². The van der Waals surface area contributed by atoms with Crippen LogP contribution in [-0.2, 0) is 14.8 Å². The standard InChI is InChI=1S/C21H23Cl2N3O4S/c22-16-1-3-17(4-2-16)24-7-9-25(10-8-24)21(27)19-15-18(5-6-20(19)23)31(28,29)26-11-13-30-14-12-26/h1-6,15H,7-14H2. The van der Waals surface area contributed by atoms with Gasteiger partial charge in [0.2, 0.25) is 10.0 Å². The number of sulfonamides is 1. The average Bonchev–Trinajstić information content (AvgIpc) is 2.80. The molecule has 1 amide bonds. The van der Waals surface area contributed by atoms with Gasteiger partial charge in [-0.1, -0.05) is 23.2 Å². The molecule has 0 atom stereocenters. The zero-order valence-electron chi connectivity index (χ0n) is 16.8. The number of morpholine rings is 1. The molecule has 31 heavy (non-hydrogen) atoms. The van der Waals surface area contributed by atoms with Crippen LogP contribution in [-0.4, -0.2) is 76.0 Å². The monoisotopic (exact) mass is 483 g/mol. The van der Waals surface area contributed by atoms with Gasteiger partial charge in [0.15, 0.2) is 0 Å². The third-order valence-corrected chi connectivity index (χ3v) is 8.01. The van der Waals surface area contributed by atoms with Crippen LogP contribution in [0.2, 0.25) is 10.0 Å². The van der Waals surface area contributed by atoms with Crippen molar-refractivity contribution in [3.8, 4) is 0 Å². The van der Waals surface area contributed by atoms with Gasteiger partial charge in [-0.05, 0) is 42.5 Å². The molecule has 0 N–H and O–H groups in total. The Morgan fingerprint density at radius 3 is 2.16 bits per heavy atom. The quantitative estimate of drug-likeness (QED) is 0.668. The fraction of sp³-hybridized carbons (Fsp3) is 0.381. The van der Waals surface area contributed by atoms with Crippen LogP contribution in [0.3, 0.4) is 0 Å². The molecular formula is C21H23Cl2N3O4S. The van der Waals surface area contributed by atoms with Gasteiger partial charge < -0.3 is 14.5 Å². The Morgan fingerprint density at radius 1 is 0.871 bits per heavy atom. The van der Waals surface area contributed by atoms with Gasteiger partial charge in [0.25, 0.3) is 5.91 Å². The van der Waals surface area contributed by atoms with E-state index in [1.165, 1.54) is 22.5 Å². The van der Waals surface area contributed by atoms with E-state index in [9.17, 15) is 13.2 Å². The first-order chi connectivity index (χ1) is 14.9. The number of ether oxygens (including phenoxy) is 1. The van der Waals surface area contributed by atoms with Gasteiger partial charge in [-0.15, -0.1) is 0 Å². The Kier molecular flexibility index (Phi) is 6.74. The van der Waals surface area contributed by atoms with Crippen LogP contribution in [0.1, 0.15) is 10.4 Å². The maximum absolute atomic E-state index is 13.1. The Labute approximate surface area is 192 Å². The smallest absolute Gasteiger partial charge is 0.255 e. The number of halogens is 2. The normalized spacial score (nSPS) is 18.3. The highest BCUT2D eigenvalue weighted by Gasteiger charge is 2.29. The van der Waals surface area contributed by atoms with Crippen LogP contribution < -0.4 is 4.90 Å². The lowest BCUT2D eigenvalue weighted by Crippen LogP contribution is -2.48. The van der Waals surface area contributed by atoms with Crippen LogP contribution in [0.25, 0.3) is 0 Å². The summed E-state index contributed by atoms with van der Waals surface area (Å²) >= 11 is 12.2. The number of hydrogen-bond acceptors (Lipinski definition) is 5. The molecule has 2 aliphatic heterocycles. The van der Waals surface area contributed by atoms with Crippen LogP contribution in [0, 0.1) is 0 Å². The van der Waals surface area contributed by atoms with E-state index < -0.39 is 10.0 Å². The van der Waals surface area contributed by atoms with E-state index in [2.05, 4.69) is 4.90 Å². The third-order valence-electron chi connectivity index (χ3n) is 5.53. The SMILES string of the molecule is O=C(c1cc(S(=O)(=O)N2CCOCC2)ccc1Cl)N1CCN(c2ccc(Cl)cc2)CC1. The second-order valence-electron chi connectivity index (χ2n) is 7.41. The zero-order valence-corrected chi connectivity index (χ0v) is 19.2. The molecule has 2 heterocycles. The molecule has 2 aliphatic rings. The number of amides is 1. The molecule has 0 radical (unpaired) electrons. The van der Waals surface area contributed by atoms with Crippen LogP contribution >= 0.6 is 23.2 Å². The van der Waals surface area contributed by atoms with Crippen molar-refractivity contribution >= 4 is 44.8 Å². The molecule has 2 fully saturated rings. The molecule has 0 unspecified atom stereocenters. The van der Waals surface area contributed by atoms with Crippen molar-refractivity contribution < 1.29 is 17.9 Å². The Hall–Kier alpha value is -1.84. The molecule has 0 aromatic heterocycles. The minimum atomic E-state index is -3.71.